The van der Waals surface area contributed by atoms with E-state index in [0.29, 0.717) is 44.2 Å². The van der Waals surface area contributed by atoms with Crippen LogP contribution in [0.15, 0.2) is 49.3 Å². The van der Waals surface area contributed by atoms with Crippen molar-refractivity contribution in [3.63, 3.8) is 0 Å². The maximum absolute atomic E-state index is 12.3. The van der Waals surface area contributed by atoms with Gasteiger partial charge in [0, 0.05) is 37.3 Å². The molecule has 42 heavy (non-hydrogen) atoms. The summed E-state index contributed by atoms with van der Waals surface area (Å²) in [4.78, 5) is 28.9. The van der Waals surface area contributed by atoms with Crippen LogP contribution in [0.3, 0.4) is 0 Å². The number of amides is 1. The lowest BCUT2D eigenvalue weighted by atomic mass is 9.73. The van der Waals surface area contributed by atoms with Crippen LogP contribution in [0, 0.1) is 11.8 Å². The number of carbonyl (C=O) groups is 1. The summed E-state index contributed by atoms with van der Waals surface area (Å²) in [6, 6.07) is 9.01. The van der Waals surface area contributed by atoms with Crippen molar-refractivity contribution in [2.45, 2.75) is 58.5 Å². The number of hydrogen-bond donors (Lipinski definition) is 1. The second-order valence-electron chi connectivity index (χ2n) is 12.3. The highest BCUT2D eigenvalue weighted by molar-refractivity contribution is 5.87. The van der Waals surface area contributed by atoms with E-state index in [0.717, 1.165) is 54.0 Å². The van der Waals surface area contributed by atoms with Crippen molar-refractivity contribution in [1.29, 1.82) is 0 Å². The number of carbonyl (C=O) groups excluding carboxylic acids is 1. The molecule has 0 radical (unpaired) electrons. The molecule has 2 saturated heterocycles. The summed E-state index contributed by atoms with van der Waals surface area (Å²) in [6.07, 6.45) is 7.06. The second-order valence-corrected chi connectivity index (χ2v) is 12.3. The molecule has 2 aromatic rings. The van der Waals surface area contributed by atoms with Gasteiger partial charge >= 0.3 is 6.01 Å². The molecule has 0 bridgehead atoms. The average Bonchev–Trinajstić information content (AvgIpc) is 3.39. The third-order valence-electron chi connectivity index (χ3n) is 9.26. The molecule has 1 aromatic carbocycles. The number of piperazine rings is 1. The molecule has 224 valence electrons. The number of fused-ring (bicyclic) bond motifs is 1. The number of aliphatic hydroxyl groups excluding tert-OH is 1. The summed E-state index contributed by atoms with van der Waals surface area (Å²) in [7, 11) is 2.15. The lowest BCUT2D eigenvalue weighted by Crippen LogP contribution is -2.54. The summed E-state index contributed by atoms with van der Waals surface area (Å²) >= 11 is 0. The molecular formula is C34H45N5O3. The van der Waals surface area contributed by atoms with Gasteiger partial charge in [0.15, 0.2) is 0 Å². The van der Waals surface area contributed by atoms with Gasteiger partial charge in [-0.3, -0.25) is 4.79 Å². The number of likely N-dealkylation sites (tertiary alicyclic amines) is 1. The molecule has 1 amide bonds. The first-order valence-electron chi connectivity index (χ1n) is 15.2. The zero-order chi connectivity index (χ0) is 30.0. The SMILES string of the molecule is C=CC(=O)N1CCN(c2nc(OC[C@@H]3CCCN3C)nc3c2C[C@@H](C)[C@H](C(=C)c2ccccc2/C=C(\C)O)C3)[C@@H](C)C1. The van der Waals surface area contributed by atoms with E-state index in [1.807, 2.05) is 23.1 Å². The van der Waals surface area contributed by atoms with Crippen LogP contribution in [-0.2, 0) is 17.6 Å². The average molecular weight is 572 g/mol. The Hall–Kier alpha value is -3.65. The Balaban J connectivity index is 1.47. The van der Waals surface area contributed by atoms with E-state index in [-0.39, 0.29) is 23.6 Å². The fraction of sp³-hybridized carbons (Fsp3) is 0.500. The minimum Gasteiger partial charge on any atom is -0.513 e. The maximum Gasteiger partial charge on any atom is 0.318 e. The lowest BCUT2D eigenvalue weighted by Gasteiger charge is -2.42. The first-order valence-corrected chi connectivity index (χ1v) is 15.2. The summed E-state index contributed by atoms with van der Waals surface area (Å²) in [5.74, 6) is 1.67. The Morgan fingerprint density at radius 3 is 2.64 bits per heavy atom. The van der Waals surface area contributed by atoms with E-state index in [1.54, 1.807) is 13.0 Å². The van der Waals surface area contributed by atoms with E-state index in [9.17, 15) is 9.90 Å². The van der Waals surface area contributed by atoms with Gasteiger partial charge in [-0.05, 0) is 93.8 Å². The van der Waals surface area contributed by atoms with Crippen molar-refractivity contribution in [3.05, 3.63) is 71.6 Å². The van der Waals surface area contributed by atoms with Crippen LogP contribution >= 0.6 is 0 Å². The van der Waals surface area contributed by atoms with Crippen molar-refractivity contribution in [2.75, 3.05) is 44.7 Å². The monoisotopic (exact) mass is 571 g/mol. The zero-order valence-corrected chi connectivity index (χ0v) is 25.6. The van der Waals surface area contributed by atoms with Crippen LogP contribution in [0.25, 0.3) is 11.6 Å². The van der Waals surface area contributed by atoms with Gasteiger partial charge in [0.2, 0.25) is 5.91 Å². The zero-order valence-electron chi connectivity index (χ0n) is 25.6. The fourth-order valence-electron chi connectivity index (χ4n) is 6.82. The highest BCUT2D eigenvalue weighted by Crippen LogP contribution is 2.42. The van der Waals surface area contributed by atoms with Gasteiger partial charge in [-0.2, -0.15) is 9.97 Å². The number of hydrogen-bond acceptors (Lipinski definition) is 7. The fourth-order valence-corrected chi connectivity index (χ4v) is 6.82. The first-order chi connectivity index (χ1) is 20.2. The van der Waals surface area contributed by atoms with Crippen LogP contribution in [0.1, 0.15) is 56.0 Å². The Bertz CT molecular complexity index is 1370. The highest BCUT2D eigenvalue weighted by Gasteiger charge is 2.36. The van der Waals surface area contributed by atoms with Crippen LogP contribution in [0.5, 0.6) is 6.01 Å². The largest absolute Gasteiger partial charge is 0.513 e. The van der Waals surface area contributed by atoms with Crippen molar-refractivity contribution in [2.24, 2.45) is 11.8 Å². The third kappa shape index (κ3) is 6.24. The lowest BCUT2D eigenvalue weighted by molar-refractivity contribution is -0.126. The molecule has 1 aliphatic carbocycles. The summed E-state index contributed by atoms with van der Waals surface area (Å²) < 4.78 is 6.31. The van der Waals surface area contributed by atoms with E-state index in [4.69, 9.17) is 14.7 Å². The Labute approximate surface area is 250 Å². The van der Waals surface area contributed by atoms with Crippen LogP contribution in [-0.4, -0.2) is 82.7 Å². The Morgan fingerprint density at radius 2 is 1.95 bits per heavy atom. The summed E-state index contributed by atoms with van der Waals surface area (Å²) in [6.45, 7) is 18.0. The Morgan fingerprint density at radius 1 is 1.17 bits per heavy atom. The second kappa shape index (κ2) is 12.7. The number of allylic oxidation sites excluding steroid dienone is 2. The molecule has 3 aliphatic rings. The van der Waals surface area contributed by atoms with E-state index in [2.05, 4.69) is 49.9 Å². The number of benzene rings is 1. The van der Waals surface area contributed by atoms with Gasteiger partial charge in [0.05, 0.1) is 11.5 Å². The van der Waals surface area contributed by atoms with Crippen LogP contribution in [0.2, 0.25) is 0 Å². The van der Waals surface area contributed by atoms with Gasteiger partial charge < -0.3 is 24.5 Å². The molecule has 3 heterocycles. The molecule has 0 spiro atoms. The molecule has 0 unspecified atom stereocenters. The molecule has 5 rings (SSSR count). The van der Waals surface area contributed by atoms with Gasteiger partial charge in [-0.1, -0.05) is 44.3 Å². The molecule has 4 atom stereocenters. The predicted molar refractivity (Wildman–Crippen MR) is 169 cm³/mol. The van der Waals surface area contributed by atoms with Gasteiger partial charge in [-0.25, -0.2) is 0 Å². The predicted octanol–water partition coefficient (Wildman–Crippen LogP) is 5.16. The van der Waals surface area contributed by atoms with Crippen LogP contribution < -0.4 is 9.64 Å². The van der Waals surface area contributed by atoms with Gasteiger partial charge in [0.1, 0.15) is 12.4 Å². The first kappa shape index (κ1) is 29.8. The van der Waals surface area contributed by atoms with Crippen molar-refractivity contribution < 1.29 is 14.6 Å². The van der Waals surface area contributed by atoms with Gasteiger partial charge in [0.25, 0.3) is 0 Å². The molecule has 2 fully saturated rings. The van der Waals surface area contributed by atoms with E-state index in [1.165, 1.54) is 18.1 Å². The number of nitrogens with zero attached hydrogens (tertiary/aromatic N) is 5. The number of rotatable bonds is 8. The van der Waals surface area contributed by atoms with E-state index >= 15 is 0 Å². The Kier molecular flexibility index (Phi) is 9.02. The third-order valence-corrected chi connectivity index (χ3v) is 9.26. The summed E-state index contributed by atoms with van der Waals surface area (Å²) in [5.41, 5.74) is 5.27. The standard InChI is InChI=1S/C34H45N5O3/c1-7-32(41)38-15-16-39(23(3)20-38)33-30-17-22(2)29(25(5)28-13-9-8-11-26(28)18-24(4)40)19-31(30)35-34(36-33)42-21-27-12-10-14-37(27)6/h7-9,11,13,18,22-23,27,29,40H,1,5,10,12,14-17,19-21H2,2-4,6H3/b24-18+/t22-,23+,27+,29-/m1/s1. The number of aliphatic hydroxyl groups is 1. The number of anilines is 1. The maximum atomic E-state index is 12.3. The van der Waals surface area contributed by atoms with Crippen molar-refractivity contribution in [3.8, 4) is 6.01 Å². The quantitative estimate of drug-likeness (QED) is 0.346. The molecular weight excluding hydrogens is 526 g/mol. The van der Waals surface area contributed by atoms with Gasteiger partial charge in [-0.15, -0.1) is 0 Å². The normalized spacial score (nSPS) is 24.8. The highest BCUT2D eigenvalue weighted by atomic mass is 16.5. The molecule has 1 aromatic heterocycles. The smallest absolute Gasteiger partial charge is 0.318 e. The minimum atomic E-state index is -0.0302. The number of ether oxygens (including phenoxy) is 1. The number of likely N-dealkylation sites (N-methyl/N-ethyl adjacent to an activating group) is 1. The molecule has 8 nitrogen and oxygen atoms in total. The van der Waals surface area contributed by atoms with Crippen molar-refractivity contribution in [1.82, 2.24) is 19.8 Å². The topological polar surface area (TPSA) is 82.0 Å². The minimum absolute atomic E-state index is 0.0302. The molecule has 0 saturated carbocycles. The molecule has 8 heteroatoms. The van der Waals surface area contributed by atoms with E-state index < -0.39 is 0 Å². The molecule has 1 N–H and O–H groups in total. The molecule has 2 aliphatic heterocycles. The van der Waals surface area contributed by atoms with Crippen molar-refractivity contribution >= 4 is 23.4 Å². The summed E-state index contributed by atoms with van der Waals surface area (Å²) in [5, 5.41) is 9.98. The number of aromatic nitrogens is 2. The van der Waals surface area contributed by atoms with Crippen LogP contribution in [0.4, 0.5) is 5.82 Å².